The summed E-state index contributed by atoms with van der Waals surface area (Å²) in [5.74, 6) is -0.771. The number of halogens is 3. The number of aromatic nitrogens is 1. The van der Waals surface area contributed by atoms with Crippen LogP contribution in [0.3, 0.4) is 0 Å². The first-order valence-corrected chi connectivity index (χ1v) is 10.7. The Morgan fingerprint density at radius 2 is 2.13 bits per heavy atom. The number of carboxylic acids is 1. The van der Waals surface area contributed by atoms with Crippen LogP contribution in [0, 0.1) is 13.8 Å². The second-order valence-electron chi connectivity index (χ2n) is 7.50. The van der Waals surface area contributed by atoms with Crippen LogP contribution < -0.4 is 0 Å². The molecule has 172 valence electrons. The van der Waals surface area contributed by atoms with Gasteiger partial charge in [0, 0.05) is 24.6 Å². The number of likely N-dealkylation sites (tertiary alicyclic amines) is 1. The summed E-state index contributed by atoms with van der Waals surface area (Å²) >= 11 is 1.67. The molecule has 0 unspecified atom stereocenters. The van der Waals surface area contributed by atoms with Crippen molar-refractivity contribution >= 4 is 17.3 Å². The normalized spacial score (nSPS) is 23.8. The molecule has 0 saturated carbocycles. The van der Waals surface area contributed by atoms with Crippen molar-refractivity contribution in [2.24, 2.45) is 0 Å². The third-order valence-electron chi connectivity index (χ3n) is 5.09. The van der Waals surface area contributed by atoms with Crippen LogP contribution in [0.25, 0.3) is 0 Å². The molecule has 2 fully saturated rings. The zero-order chi connectivity index (χ0) is 22.6. The van der Waals surface area contributed by atoms with Gasteiger partial charge in [0.15, 0.2) is 0 Å². The molecule has 31 heavy (non-hydrogen) atoms. The fourth-order valence-electron chi connectivity index (χ4n) is 3.77. The molecule has 2 aliphatic rings. The van der Waals surface area contributed by atoms with Gasteiger partial charge in [-0.25, -0.2) is 9.78 Å². The van der Waals surface area contributed by atoms with Crippen molar-refractivity contribution in [3.8, 4) is 0 Å². The molecule has 2 aromatic rings. The first kappa shape index (κ1) is 23.7. The van der Waals surface area contributed by atoms with Gasteiger partial charge in [-0.05, 0) is 38.8 Å². The highest BCUT2D eigenvalue weighted by atomic mass is 32.1. The standard InChI is InChI=1S/C18H24N2O3S.C2HF3O2/c1-12-5-6-15(23-12)8-20-9-17(18-16(20)4-3-7-21-18)22-10-14-11-24-13(2)19-14;3-2(4,5)1(6)7/h5-6,11,16-18H,3-4,7-10H2,1-2H3;(H,6,7)/t16-,17-,18+;/m1./s1. The molecule has 4 rings (SSSR count). The summed E-state index contributed by atoms with van der Waals surface area (Å²) in [6.45, 7) is 7.13. The van der Waals surface area contributed by atoms with E-state index < -0.39 is 12.1 Å². The average molecular weight is 462 g/mol. The number of alkyl halides is 3. The third-order valence-corrected chi connectivity index (χ3v) is 5.92. The van der Waals surface area contributed by atoms with E-state index in [2.05, 4.69) is 21.3 Å². The number of carbonyl (C=O) groups is 1. The minimum atomic E-state index is -5.08. The largest absolute Gasteiger partial charge is 0.490 e. The lowest BCUT2D eigenvalue weighted by Gasteiger charge is -2.31. The van der Waals surface area contributed by atoms with Gasteiger partial charge in [0.1, 0.15) is 17.6 Å². The molecule has 0 amide bonds. The number of carboxylic acid groups (broad SMARTS) is 1. The van der Waals surface area contributed by atoms with Crippen LogP contribution in [0.2, 0.25) is 0 Å². The molecular formula is C20H25F3N2O5S. The van der Waals surface area contributed by atoms with E-state index in [1.165, 1.54) is 6.42 Å². The Balaban J connectivity index is 0.000000339. The molecule has 0 aromatic carbocycles. The second-order valence-corrected chi connectivity index (χ2v) is 8.56. The van der Waals surface area contributed by atoms with Crippen LogP contribution in [-0.4, -0.2) is 58.5 Å². The molecule has 0 spiro atoms. The van der Waals surface area contributed by atoms with Gasteiger partial charge in [-0.2, -0.15) is 13.2 Å². The lowest BCUT2D eigenvalue weighted by molar-refractivity contribution is -0.192. The van der Waals surface area contributed by atoms with E-state index in [-0.39, 0.29) is 12.2 Å². The number of hydrogen-bond acceptors (Lipinski definition) is 7. The van der Waals surface area contributed by atoms with Crippen LogP contribution in [0.15, 0.2) is 21.9 Å². The van der Waals surface area contributed by atoms with E-state index >= 15 is 0 Å². The Kier molecular flexibility index (Phi) is 7.73. The van der Waals surface area contributed by atoms with Gasteiger partial charge in [0.2, 0.25) is 0 Å². The van der Waals surface area contributed by atoms with Crippen LogP contribution in [0.1, 0.15) is 35.1 Å². The van der Waals surface area contributed by atoms with E-state index in [1.807, 2.05) is 19.9 Å². The number of rotatable bonds is 5. The molecule has 0 aliphatic carbocycles. The molecule has 0 radical (unpaired) electrons. The molecule has 2 aliphatic heterocycles. The zero-order valence-corrected chi connectivity index (χ0v) is 18.0. The van der Waals surface area contributed by atoms with Gasteiger partial charge < -0.3 is 19.0 Å². The second kappa shape index (κ2) is 10.1. The predicted octanol–water partition coefficient (Wildman–Crippen LogP) is 3.93. The van der Waals surface area contributed by atoms with Crippen LogP contribution in [0.4, 0.5) is 13.2 Å². The van der Waals surface area contributed by atoms with Crippen molar-refractivity contribution in [2.45, 2.75) is 64.3 Å². The van der Waals surface area contributed by atoms with E-state index in [0.717, 1.165) is 48.3 Å². The third kappa shape index (κ3) is 6.52. The van der Waals surface area contributed by atoms with Gasteiger partial charge in [-0.3, -0.25) is 4.90 Å². The predicted molar refractivity (Wildman–Crippen MR) is 106 cm³/mol. The summed E-state index contributed by atoms with van der Waals surface area (Å²) in [6.07, 6.45) is -2.53. The van der Waals surface area contributed by atoms with Crippen molar-refractivity contribution in [1.82, 2.24) is 9.88 Å². The number of fused-ring (bicyclic) bond motifs is 1. The minimum absolute atomic E-state index is 0.105. The maximum Gasteiger partial charge on any atom is 0.490 e. The smallest absolute Gasteiger partial charge is 0.475 e. The molecule has 2 saturated heterocycles. The molecule has 11 heteroatoms. The molecule has 1 N–H and O–H groups in total. The number of furan rings is 1. The highest BCUT2D eigenvalue weighted by Gasteiger charge is 2.44. The molecule has 7 nitrogen and oxygen atoms in total. The first-order chi connectivity index (χ1) is 14.6. The number of ether oxygens (including phenoxy) is 2. The van der Waals surface area contributed by atoms with Gasteiger partial charge in [-0.1, -0.05) is 0 Å². The topological polar surface area (TPSA) is 85.0 Å². The number of hydrogen-bond donors (Lipinski definition) is 1. The fraction of sp³-hybridized carbons (Fsp3) is 0.600. The SMILES string of the molecule is Cc1ccc(CN2C[C@@H](OCc3csc(C)n3)[C@H]3OCCC[C@H]32)o1.O=C(O)C(F)(F)F. The summed E-state index contributed by atoms with van der Waals surface area (Å²) < 4.78 is 49.8. The Bertz CT molecular complexity index is 869. The van der Waals surface area contributed by atoms with E-state index in [9.17, 15) is 13.2 Å². The Hall–Kier alpha value is -1.95. The number of nitrogens with zero attached hydrogens (tertiary/aromatic N) is 2. The number of aryl methyl sites for hydroxylation is 2. The van der Waals surface area contributed by atoms with Gasteiger partial charge in [0.25, 0.3) is 0 Å². The summed E-state index contributed by atoms with van der Waals surface area (Å²) in [5.41, 5.74) is 1.02. The van der Waals surface area contributed by atoms with Crippen LogP contribution >= 0.6 is 11.3 Å². The molecule has 2 aromatic heterocycles. The van der Waals surface area contributed by atoms with Crippen molar-refractivity contribution in [1.29, 1.82) is 0 Å². The van der Waals surface area contributed by atoms with Crippen molar-refractivity contribution in [2.75, 3.05) is 13.2 Å². The van der Waals surface area contributed by atoms with Gasteiger partial charge in [0.05, 0.1) is 30.0 Å². The lowest BCUT2D eigenvalue weighted by Crippen LogP contribution is -2.41. The van der Waals surface area contributed by atoms with Crippen LogP contribution in [-0.2, 0) is 27.4 Å². The first-order valence-electron chi connectivity index (χ1n) is 9.87. The number of thiazole rings is 1. The zero-order valence-electron chi connectivity index (χ0n) is 17.2. The maximum absolute atomic E-state index is 10.6. The average Bonchev–Trinajstić information content (AvgIpc) is 3.40. The summed E-state index contributed by atoms with van der Waals surface area (Å²) in [6, 6.07) is 4.52. The monoisotopic (exact) mass is 462 g/mol. The maximum atomic E-state index is 10.6. The lowest BCUT2D eigenvalue weighted by atomic mass is 10.0. The van der Waals surface area contributed by atoms with Gasteiger partial charge in [-0.15, -0.1) is 11.3 Å². The summed E-state index contributed by atoms with van der Waals surface area (Å²) in [4.78, 5) is 15.8. The molecule has 4 heterocycles. The molecule has 0 bridgehead atoms. The van der Waals surface area contributed by atoms with E-state index in [4.69, 9.17) is 23.8 Å². The summed E-state index contributed by atoms with van der Waals surface area (Å²) in [7, 11) is 0. The highest BCUT2D eigenvalue weighted by Crippen LogP contribution is 2.32. The Labute approximate surface area is 181 Å². The Morgan fingerprint density at radius 3 is 2.71 bits per heavy atom. The molecular weight excluding hydrogens is 437 g/mol. The fourth-order valence-corrected chi connectivity index (χ4v) is 4.37. The summed E-state index contributed by atoms with van der Waals surface area (Å²) in [5, 5.41) is 10.3. The van der Waals surface area contributed by atoms with Crippen molar-refractivity contribution in [3.05, 3.63) is 39.7 Å². The molecule has 3 atom stereocenters. The number of aliphatic carboxylic acids is 1. The quantitative estimate of drug-likeness (QED) is 0.721. The van der Waals surface area contributed by atoms with E-state index in [1.54, 1.807) is 11.3 Å². The van der Waals surface area contributed by atoms with Crippen molar-refractivity contribution < 1.29 is 37.0 Å². The van der Waals surface area contributed by atoms with Crippen LogP contribution in [0.5, 0.6) is 0 Å². The van der Waals surface area contributed by atoms with E-state index in [0.29, 0.717) is 12.6 Å². The van der Waals surface area contributed by atoms with Crippen molar-refractivity contribution in [3.63, 3.8) is 0 Å². The highest BCUT2D eigenvalue weighted by molar-refractivity contribution is 7.09. The Morgan fingerprint density at radius 1 is 1.39 bits per heavy atom. The minimum Gasteiger partial charge on any atom is -0.475 e. The van der Waals surface area contributed by atoms with Gasteiger partial charge >= 0.3 is 12.1 Å².